The summed E-state index contributed by atoms with van der Waals surface area (Å²) < 4.78 is 9.69. The molecule has 0 aromatic heterocycles. The smallest absolute Gasteiger partial charge is 0.381 e. The third kappa shape index (κ3) is 4.94. The van der Waals surface area contributed by atoms with E-state index in [0.717, 1.165) is 18.4 Å². The quantitative estimate of drug-likeness (QED) is 0.450. The molecule has 2 atom stereocenters. The molecule has 0 fully saturated rings. The van der Waals surface area contributed by atoms with Crippen LogP contribution in [0.3, 0.4) is 0 Å². The van der Waals surface area contributed by atoms with Gasteiger partial charge < -0.3 is 14.8 Å². The van der Waals surface area contributed by atoms with E-state index in [1.165, 1.54) is 0 Å². The van der Waals surface area contributed by atoms with Gasteiger partial charge in [-0.2, -0.15) is 0 Å². The van der Waals surface area contributed by atoms with Crippen molar-refractivity contribution in [3.8, 4) is 5.75 Å². The summed E-state index contributed by atoms with van der Waals surface area (Å²) in [5.74, 6) is -0.151. The second-order valence-electron chi connectivity index (χ2n) is 5.40. The summed E-state index contributed by atoms with van der Waals surface area (Å²) in [7, 11) is 2.72. The van der Waals surface area contributed by atoms with Gasteiger partial charge in [-0.1, -0.05) is 30.3 Å². The van der Waals surface area contributed by atoms with Crippen molar-refractivity contribution < 1.29 is 19.2 Å². The predicted molar refractivity (Wildman–Crippen MR) is 93.2 cm³/mol. The zero-order valence-corrected chi connectivity index (χ0v) is 14.0. The first-order chi connectivity index (χ1) is 12.0. The molecule has 7 nitrogen and oxygen atoms in total. The number of nitrogens with one attached hydrogen (secondary N) is 1. The third-order valence-electron chi connectivity index (χ3n) is 3.82. The minimum atomic E-state index is -1.44. The number of benzene rings is 2. The van der Waals surface area contributed by atoms with E-state index in [4.69, 9.17) is 4.74 Å². The zero-order valence-electron chi connectivity index (χ0n) is 14.0. The van der Waals surface area contributed by atoms with E-state index < -0.39 is 23.0 Å². The topological polar surface area (TPSA) is 90.7 Å². The first-order valence-electron chi connectivity index (χ1n) is 7.72. The molecule has 0 saturated carbocycles. The van der Waals surface area contributed by atoms with Crippen molar-refractivity contribution in [2.75, 3.05) is 19.5 Å². The molecule has 2 rings (SSSR count). The van der Waals surface area contributed by atoms with E-state index in [2.05, 4.69) is 10.1 Å². The molecule has 0 radical (unpaired) electrons. The average Bonchev–Trinajstić information content (AvgIpc) is 2.65. The molecule has 2 aromatic carbocycles. The van der Waals surface area contributed by atoms with Crippen LogP contribution in [0.4, 0.5) is 5.69 Å². The van der Waals surface area contributed by atoms with Crippen molar-refractivity contribution in [2.45, 2.75) is 18.5 Å². The van der Waals surface area contributed by atoms with Gasteiger partial charge in [0.1, 0.15) is 5.75 Å². The Morgan fingerprint density at radius 2 is 1.76 bits per heavy atom. The number of nitro groups is 1. The van der Waals surface area contributed by atoms with Gasteiger partial charge in [-0.3, -0.25) is 10.1 Å². The van der Waals surface area contributed by atoms with Crippen molar-refractivity contribution in [3.05, 3.63) is 70.3 Å². The van der Waals surface area contributed by atoms with E-state index in [9.17, 15) is 14.9 Å². The number of ether oxygens (including phenoxy) is 2. The highest BCUT2D eigenvalue weighted by molar-refractivity contribution is 5.74. The summed E-state index contributed by atoms with van der Waals surface area (Å²) in [6.07, 6.45) is -0.0320. The minimum Gasteiger partial charge on any atom is -0.497 e. The average molecular weight is 344 g/mol. The van der Waals surface area contributed by atoms with E-state index in [0.29, 0.717) is 5.75 Å². The van der Waals surface area contributed by atoms with Crippen LogP contribution in [0.15, 0.2) is 54.6 Å². The summed E-state index contributed by atoms with van der Waals surface area (Å²) in [6, 6.07) is 14.6. The lowest BCUT2D eigenvalue weighted by Crippen LogP contribution is -2.34. The van der Waals surface area contributed by atoms with Crippen LogP contribution < -0.4 is 10.1 Å². The van der Waals surface area contributed by atoms with E-state index in [1.807, 2.05) is 42.5 Å². The predicted octanol–water partition coefficient (Wildman–Crippen LogP) is 3.06. The highest BCUT2D eigenvalue weighted by Gasteiger charge is 2.34. The molecule has 1 N–H and O–H groups in total. The summed E-state index contributed by atoms with van der Waals surface area (Å²) in [5, 5.41) is 14.5. The summed E-state index contributed by atoms with van der Waals surface area (Å²) >= 11 is 0. The first-order valence-corrected chi connectivity index (χ1v) is 7.72. The lowest BCUT2D eigenvalue weighted by Gasteiger charge is -2.21. The van der Waals surface area contributed by atoms with Crippen molar-refractivity contribution in [2.24, 2.45) is 0 Å². The van der Waals surface area contributed by atoms with Gasteiger partial charge in [-0.05, 0) is 29.8 Å². The van der Waals surface area contributed by atoms with Crippen LogP contribution in [0.5, 0.6) is 5.75 Å². The fraction of sp³-hybridized carbons (Fsp3) is 0.278. The Hall–Kier alpha value is -3.09. The normalized spacial score (nSPS) is 12.7. The van der Waals surface area contributed by atoms with Crippen LogP contribution in [-0.2, 0) is 9.53 Å². The fourth-order valence-electron chi connectivity index (χ4n) is 2.48. The second-order valence-corrected chi connectivity index (χ2v) is 5.40. The zero-order chi connectivity index (χ0) is 18.2. The number of rotatable bonds is 8. The van der Waals surface area contributed by atoms with Gasteiger partial charge in [-0.15, -0.1) is 0 Å². The molecule has 2 unspecified atom stereocenters. The highest BCUT2D eigenvalue weighted by atomic mass is 16.6. The Kier molecular flexibility index (Phi) is 6.33. The van der Waals surface area contributed by atoms with Gasteiger partial charge in [-0.25, -0.2) is 4.79 Å². The Balaban J connectivity index is 2.26. The molecule has 0 heterocycles. The molecule has 0 spiro atoms. The van der Waals surface area contributed by atoms with Crippen LogP contribution in [0.2, 0.25) is 0 Å². The molecule has 0 aliphatic carbocycles. The molecule has 7 heteroatoms. The lowest BCUT2D eigenvalue weighted by molar-refractivity contribution is -0.511. The molecule has 2 aromatic rings. The Morgan fingerprint density at radius 3 is 2.28 bits per heavy atom. The van der Waals surface area contributed by atoms with Gasteiger partial charge in [0.25, 0.3) is 0 Å². The lowest BCUT2D eigenvalue weighted by atomic mass is 9.99. The van der Waals surface area contributed by atoms with Gasteiger partial charge in [0.15, 0.2) is 0 Å². The summed E-state index contributed by atoms with van der Waals surface area (Å²) in [6.45, 7) is 0. The van der Waals surface area contributed by atoms with Gasteiger partial charge in [0.05, 0.1) is 26.7 Å². The monoisotopic (exact) mass is 344 g/mol. The van der Waals surface area contributed by atoms with E-state index in [-0.39, 0.29) is 6.42 Å². The molecular weight excluding hydrogens is 324 g/mol. The number of anilines is 1. The van der Waals surface area contributed by atoms with Gasteiger partial charge in [0, 0.05) is 10.6 Å². The van der Waals surface area contributed by atoms with Crippen LogP contribution >= 0.6 is 0 Å². The second kappa shape index (κ2) is 8.68. The molecule has 0 amide bonds. The highest BCUT2D eigenvalue weighted by Crippen LogP contribution is 2.26. The number of hydrogen-bond acceptors (Lipinski definition) is 6. The SMILES string of the molecule is COC(=O)C(CC(Nc1ccc(OC)cc1)c1ccccc1)[N+](=O)[O-]. The largest absolute Gasteiger partial charge is 0.497 e. The minimum absolute atomic E-state index is 0.0320. The first kappa shape index (κ1) is 18.3. The standard InChI is InChI=1S/C18H20N2O5/c1-24-15-10-8-14(9-11-15)19-16(13-6-4-3-5-7-13)12-17(20(22)23)18(21)25-2/h3-11,16-17,19H,12H2,1-2H3. The molecule has 0 saturated heterocycles. The number of hydrogen-bond donors (Lipinski definition) is 1. The van der Waals surface area contributed by atoms with Crippen LogP contribution in [0.1, 0.15) is 18.0 Å². The number of nitrogens with zero attached hydrogens (tertiary/aromatic N) is 1. The van der Waals surface area contributed by atoms with E-state index in [1.54, 1.807) is 19.2 Å². The summed E-state index contributed by atoms with van der Waals surface area (Å²) in [5.41, 5.74) is 1.61. The third-order valence-corrected chi connectivity index (χ3v) is 3.82. The Labute approximate surface area is 145 Å². The maximum absolute atomic E-state index is 11.7. The van der Waals surface area contributed by atoms with Crippen molar-refractivity contribution in [1.29, 1.82) is 0 Å². The van der Waals surface area contributed by atoms with Crippen LogP contribution in [-0.4, -0.2) is 31.2 Å². The fourth-order valence-corrected chi connectivity index (χ4v) is 2.48. The number of carbonyl (C=O) groups is 1. The van der Waals surface area contributed by atoms with Crippen LogP contribution in [0, 0.1) is 10.1 Å². The van der Waals surface area contributed by atoms with Gasteiger partial charge >= 0.3 is 12.0 Å². The van der Waals surface area contributed by atoms with Crippen LogP contribution in [0.25, 0.3) is 0 Å². The number of esters is 1. The Bertz CT molecular complexity index is 703. The maximum atomic E-state index is 11.7. The number of carbonyl (C=O) groups excluding carboxylic acids is 1. The number of methoxy groups -OCH3 is 2. The van der Waals surface area contributed by atoms with Gasteiger partial charge in [0.2, 0.25) is 0 Å². The molecule has 0 aliphatic rings. The molecule has 0 bridgehead atoms. The molecule has 0 aliphatic heterocycles. The summed E-state index contributed by atoms with van der Waals surface area (Å²) in [4.78, 5) is 22.4. The van der Waals surface area contributed by atoms with E-state index >= 15 is 0 Å². The van der Waals surface area contributed by atoms with Crippen molar-refractivity contribution >= 4 is 11.7 Å². The Morgan fingerprint density at radius 1 is 1.12 bits per heavy atom. The molecule has 132 valence electrons. The molecule has 25 heavy (non-hydrogen) atoms. The molecular formula is C18H20N2O5. The maximum Gasteiger partial charge on any atom is 0.381 e. The van der Waals surface area contributed by atoms with Crippen molar-refractivity contribution in [3.63, 3.8) is 0 Å². The van der Waals surface area contributed by atoms with Crippen molar-refractivity contribution in [1.82, 2.24) is 0 Å².